The molecule has 23 heavy (non-hydrogen) atoms. The van der Waals surface area contributed by atoms with Crippen molar-refractivity contribution in [2.75, 3.05) is 13.6 Å². The highest BCUT2D eigenvalue weighted by Crippen LogP contribution is 2.37. The van der Waals surface area contributed by atoms with Crippen LogP contribution in [0.1, 0.15) is 48.0 Å². The number of benzene rings is 1. The van der Waals surface area contributed by atoms with Crippen LogP contribution in [0.4, 0.5) is 0 Å². The molecular weight excluding hydrogens is 296 g/mol. The monoisotopic (exact) mass is 318 g/mol. The molecule has 0 bridgehead atoms. The van der Waals surface area contributed by atoms with Gasteiger partial charge in [-0.05, 0) is 49.4 Å². The number of carbonyl (C=O) groups is 2. The first-order chi connectivity index (χ1) is 11.0. The third-order valence-electron chi connectivity index (χ3n) is 4.66. The van der Waals surface area contributed by atoms with Gasteiger partial charge in [0.15, 0.2) is 5.60 Å². The van der Waals surface area contributed by atoms with E-state index in [0.717, 1.165) is 31.2 Å². The van der Waals surface area contributed by atoms with E-state index in [9.17, 15) is 14.8 Å². The van der Waals surface area contributed by atoms with E-state index in [1.54, 1.807) is 18.2 Å². The summed E-state index contributed by atoms with van der Waals surface area (Å²) in [5.74, 6) is 0.166. The lowest BCUT2D eigenvalue weighted by atomic mass is 9.84. The van der Waals surface area contributed by atoms with Gasteiger partial charge >= 0.3 is 0 Å². The molecule has 1 spiro atoms. The summed E-state index contributed by atoms with van der Waals surface area (Å²) in [7, 11) is 1.30. The smallest absolute Gasteiger partial charge is 0.276 e. The highest BCUT2D eigenvalue weighted by Gasteiger charge is 2.43. The fourth-order valence-electron chi connectivity index (χ4n) is 3.32. The Morgan fingerprint density at radius 2 is 2.13 bits per heavy atom. The highest BCUT2D eigenvalue weighted by atomic mass is 16.5. The maximum absolute atomic E-state index is 12.5. The zero-order valence-corrected chi connectivity index (χ0v) is 13.3. The largest absolute Gasteiger partial charge is 0.477 e. The number of nitrogens with one attached hydrogen (secondary N) is 1. The van der Waals surface area contributed by atoms with Gasteiger partial charge in [0.1, 0.15) is 5.75 Å². The van der Waals surface area contributed by atoms with Crippen LogP contribution in [0.3, 0.4) is 0 Å². The maximum Gasteiger partial charge on any atom is 0.276 e. The first-order valence-electron chi connectivity index (χ1n) is 8.09. The number of ether oxygens (including phenoxy) is 1. The molecular formula is C17H22N2O4. The molecule has 1 aromatic carbocycles. The summed E-state index contributed by atoms with van der Waals surface area (Å²) in [5.41, 5.74) is 0.529. The Morgan fingerprint density at radius 3 is 2.91 bits per heavy atom. The zero-order chi connectivity index (χ0) is 16.4. The van der Waals surface area contributed by atoms with Crippen LogP contribution >= 0.6 is 0 Å². The number of carbonyl (C=O) groups excluding carboxylic acids is 2. The van der Waals surface area contributed by atoms with Gasteiger partial charge in [-0.25, -0.2) is 5.06 Å². The van der Waals surface area contributed by atoms with Gasteiger partial charge < -0.3 is 10.1 Å². The van der Waals surface area contributed by atoms with Crippen molar-refractivity contribution >= 4 is 11.8 Å². The molecule has 2 amide bonds. The van der Waals surface area contributed by atoms with Gasteiger partial charge in [0.2, 0.25) is 0 Å². The van der Waals surface area contributed by atoms with Crippen molar-refractivity contribution in [1.29, 1.82) is 0 Å². The van der Waals surface area contributed by atoms with E-state index in [0.29, 0.717) is 35.8 Å². The summed E-state index contributed by atoms with van der Waals surface area (Å²) >= 11 is 0. The Bertz CT molecular complexity index is 629. The molecule has 2 aliphatic rings. The van der Waals surface area contributed by atoms with Crippen molar-refractivity contribution in [3.63, 3.8) is 0 Å². The number of hydrogen-bond acceptors (Lipinski definition) is 4. The molecule has 1 atom stereocenters. The van der Waals surface area contributed by atoms with Crippen molar-refractivity contribution in [1.82, 2.24) is 10.4 Å². The van der Waals surface area contributed by atoms with Crippen molar-refractivity contribution in [3.05, 3.63) is 29.3 Å². The molecule has 0 aliphatic carbocycles. The van der Waals surface area contributed by atoms with E-state index in [-0.39, 0.29) is 5.91 Å². The van der Waals surface area contributed by atoms with E-state index in [1.807, 2.05) is 0 Å². The summed E-state index contributed by atoms with van der Waals surface area (Å²) in [4.78, 5) is 24.3. The fourth-order valence-corrected chi connectivity index (χ4v) is 3.32. The van der Waals surface area contributed by atoms with E-state index in [2.05, 4.69) is 5.32 Å². The summed E-state index contributed by atoms with van der Waals surface area (Å²) in [6.07, 6.45) is 5.09. The Kier molecular flexibility index (Phi) is 4.26. The summed E-state index contributed by atoms with van der Waals surface area (Å²) in [6.45, 7) is 0.701. The van der Waals surface area contributed by atoms with Crippen LogP contribution < -0.4 is 10.1 Å². The molecule has 2 N–H and O–H groups in total. The van der Waals surface area contributed by atoms with Crippen LogP contribution in [-0.2, 0) is 11.2 Å². The van der Waals surface area contributed by atoms with Crippen molar-refractivity contribution in [2.45, 2.75) is 44.1 Å². The van der Waals surface area contributed by atoms with Crippen molar-refractivity contribution < 1.29 is 19.5 Å². The van der Waals surface area contributed by atoms with Gasteiger partial charge in [-0.1, -0.05) is 6.42 Å². The minimum atomic E-state index is -0.785. The number of rotatable bonds is 1. The van der Waals surface area contributed by atoms with Crippen LogP contribution in [0, 0.1) is 0 Å². The Balaban J connectivity index is 1.85. The molecule has 0 radical (unpaired) electrons. The number of hydroxylamine groups is 2. The molecule has 2 aliphatic heterocycles. The van der Waals surface area contributed by atoms with Crippen molar-refractivity contribution in [2.24, 2.45) is 0 Å². The average molecular weight is 318 g/mol. The lowest BCUT2D eigenvalue weighted by Crippen LogP contribution is -2.54. The van der Waals surface area contributed by atoms with Gasteiger partial charge in [-0.15, -0.1) is 0 Å². The molecule has 6 heteroatoms. The van der Waals surface area contributed by atoms with E-state index >= 15 is 0 Å². The van der Waals surface area contributed by atoms with E-state index in [1.165, 1.54) is 7.05 Å². The normalized spacial score (nSPS) is 24.0. The summed E-state index contributed by atoms with van der Waals surface area (Å²) < 4.78 is 6.10. The SMILES string of the molecule is CN(O)C(=O)c1ccc2c(c1)CCC1(CCCCCNC1=O)O2. The molecule has 1 unspecified atom stereocenters. The van der Waals surface area contributed by atoms with E-state index in [4.69, 9.17) is 4.74 Å². The van der Waals surface area contributed by atoms with Crippen LogP contribution in [0.25, 0.3) is 0 Å². The van der Waals surface area contributed by atoms with Gasteiger partial charge in [0.05, 0.1) is 0 Å². The molecule has 6 nitrogen and oxygen atoms in total. The second kappa shape index (κ2) is 6.20. The fraction of sp³-hybridized carbons (Fsp3) is 0.529. The minimum Gasteiger partial charge on any atom is -0.477 e. The molecule has 1 fully saturated rings. The van der Waals surface area contributed by atoms with Gasteiger partial charge in [-0.3, -0.25) is 14.8 Å². The van der Waals surface area contributed by atoms with Gasteiger partial charge in [0.25, 0.3) is 11.8 Å². The van der Waals surface area contributed by atoms with Crippen LogP contribution in [0.15, 0.2) is 18.2 Å². The first kappa shape index (κ1) is 15.8. The number of amides is 2. The topological polar surface area (TPSA) is 78.9 Å². The van der Waals surface area contributed by atoms with Gasteiger partial charge in [-0.2, -0.15) is 0 Å². The summed E-state index contributed by atoms with van der Waals surface area (Å²) in [5, 5.41) is 12.8. The molecule has 0 saturated carbocycles. The maximum atomic E-state index is 12.5. The molecule has 1 saturated heterocycles. The molecule has 0 aromatic heterocycles. The molecule has 2 heterocycles. The highest BCUT2D eigenvalue weighted by molar-refractivity contribution is 5.93. The second-order valence-electron chi connectivity index (χ2n) is 6.31. The first-order valence-corrected chi connectivity index (χ1v) is 8.09. The predicted octanol–water partition coefficient (Wildman–Crippen LogP) is 1.90. The third kappa shape index (κ3) is 3.03. The van der Waals surface area contributed by atoms with Crippen LogP contribution in [0.5, 0.6) is 5.75 Å². The zero-order valence-electron chi connectivity index (χ0n) is 13.3. The van der Waals surface area contributed by atoms with Crippen LogP contribution in [0.2, 0.25) is 0 Å². The number of hydrogen-bond donors (Lipinski definition) is 2. The Morgan fingerprint density at radius 1 is 1.30 bits per heavy atom. The standard InChI is InChI=1S/C17H22N2O4/c1-19(22)15(20)13-5-6-14-12(11-13)7-9-17(23-14)8-3-2-4-10-18-16(17)21/h5-6,11,22H,2-4,7-10H2,1H3,(H,18,21). The Hall–Kier alpha value is -2.08. The van der Waals surface area contributed by atoms with Crippen LogP contribution in [-0.4, -0.2) is 41.3 Å². The predicted molar refractivity (Wildman–Crippen MR) is 83.5 cm³/mol. The number of aryl methyl sites for hydroxylation is 1. The molecule has 3 rings (SSSR count). The average Bonchev–Trinajstić information content (AvgIpc) is 2.55. The minimum absolute atomic E-state index is 0.0295. The summed E-state index contributed by atoms with van der Waals surface area (Å²) in [6, 6.07) is 5.07. The molecule has 1 aromatic rings. The Labute approximate surface area is 135 Å². The van der Waals surface area contributed by atoms with Gasteiger partial charge in [0, 0.05) is 25.6 Å². The third-order valence-corrected chi connectivity index (χ3v) is 4.66. The molecule has 124 valence electrons. The quantitative estimate of drug-likeness (QED) is 0.612. The van der Waals surface area contributed by atoms with E-state index < -0.39 is 11.5 Å². The second-order valence-corrected chi connectivity index (χ2v) is 6.31. The number of nitrogens with zero attached hydrogens (tertiary/aromatic N) is 1. The number of fused-ring (bicyclic) bond motifs is 1. The lowest BCUT2D eigenvalue weighted by Gasteiger charge is -2.38. The van der Waals surface area contributed by atoms with Crippen molar-refractivity contribution in [3.8, 4) is 5.75 Å². The lowest BCUT2D eigenvalue weighted by molar-refractivity contribution is -0.139.